The van der Waals surface area contributed by atoms with Crippen molar-refractivity contribution in [3.8, 4) is 5.75 Å². The first-order valence-electron chi connectivity index (χ1n) is 8.64. The second-order valence-corrected chi connectivity index (χ2v) is 11.3. The van der Waals surface area contributed by atoms with Crippen molar-refractivity contribution in [3.63, 3.8) is 0 Å². The third-order valence-electron chi connectivity index (χ3n) is 5.17. The Morgan fingerprint density at radius 2 is 1.74 bits per heavy atom. The molecule has 0 N–H and O–H groups in total. The smallest absolute Gasteiger partial charge is 0.387 e. The Balaban J connectivity index is 2.07. The minimum absolute atomic E-state index is 0.261. The zero-order valence-electron chi connectivity index (χ0n) is 14.2. The molecule has 1 atom stereocenters. The lowest BCUT2D eigenvalue weighted by Crippen LogP contribution is -2.48. The molecule has 0 radical (unpaired) electrons. The monoisotopic (exact) mass is 342 g/mol. The molecule has 23 heavy (non-hydrogen) atoms. The Kier molecular flexibility index (Phi) is 7.02. The number of methoxy groups -OCH3 is 1. The molecule has 5 heteroatoms. The van der Waals surface area contributed by atoms with E-state index in [9.17, 15) is 8.78 Å². The molecule has 0 spiro atoms. The molecule has 2 nitrogen and oxygen atoms in total. The number of hydrogen-bond acceptors (Lipinski definition) is 2. The maximum Gasteiger partial charge on any atom is 0.387 e. The number of rotatable bonds is 8. The Bertz CT molecular complexity index is 459. The van der Waals surface area contributed by atoms with E-state index in [1.165, 1.54) is 49.0 Å². The summed E-state index contributed by atoms with van der Waals surface area (Å²) in [5.41, 5.74) is 0. The molecule has 130 valence electrons. The van der Waals surface area contributed by atoms with Gasteiger partial charge in [0.1, 0.15) is 5.75 Å². The molecule has 1 aliphatic heterocycles. The van der Waals surface area contributed by atoms with Gasteiger partial charge in [-0.2, -0.15) is 8.78 Å². The van der Waals surface area contributed by atoms with Crippen LogP contribution in [0.5, 0.6) is 5.75 Å². The summed E-state index contributed by atoms with van der Waals surface area (Å²) >= 11 is 0. The third-order valence-corrected chi connectivity index (χ3v) is 10.7. The predicted molar refractivity (Wildman–Crippen MR) is 92.4 cm³/mol. The summed E-state index contributed by atoms with van der Waals surface area (Å²) in [6.07, 6.45) is 6.54. The van der Waals surface area contributed by atoms with Crippen molar-refractivity contribution in [1.29, 1.82) is 0 Å². The van der Waals surface area contributed by atoms with E-state index in [1.54, 1.807) is 19.2 Å². The number of hydrogen-bond donors (Lipinski definition) is 0. The van der Waals surface area contributed by atoms with Gasteiger partial charge >= 0.3 is 6.61 Å². The maximum atomic E-state index is 12.3. The number of alkyl halides is 2. The fourth-order valence-electron chi connectivity index (χ4n) is 3.75. The molecule has 1 aromatic carbocycles. The SMILES string of the molecule is COC(C)CCC[Si]1(c2ccc(OC(F)F)cc2)CCCCC1. The second kappa shape index (κ2) is 8.78. The van der Waals surface area contributed by atoms with Gasteiger partial charge in [-0.05, 0) is 25.5 Å². The van der Waals surface area contributed by atoms with Crippen LogP contribution >= 0.6 is 0 Å². The molecule has 1 heterocycles. The lowest BCUT2D eigenvalue weighted by Gasteiger charge is -2.36. The first kappa shape index (κ1) is 18.4. The van der Waals surface area contributed by atoms with Crippen LogP contribution in [0.3, 0.4) is 0 Å². The molecule has 1 aromatic rings. The normalized spacial score (nSPS) is 18.8. The zero-order valence-corrected chi connectivity index (χ0v) is 15.2. The summed E-state index contributed by atoms with van der Waals surface area (Å²) in [7, 11) is 0.264. The summed E-state index contributed by atoms with van der Waals surface area (Å²) in [6.45, 7) is -0.636. The lowest BCUT2D eigenvalue weighted by molar-refractivity contribution is -0.0498. The molecule has 1 saturated heterocycles. The Hall–Kier alpha value is -0.943. The summed E-state index contributed by atoms with van der Waals surface area (Å²) in [5, 5.41) is 1.41. The average Bonchev–Trinajstić information content (AvgIpc) is 2.55. The van der Waals surface area contributed by atoms with Crippen molar-refractivity contribution in [2.75, 3.05) is 7.11 Å². The Morgan fingerprint density at radius 1 is 1.09 bits per heavy atom. The lowest BCUT2D eigenvalue weighted by atomic mass is 10.2. The zero-order chi connectivity index (χ0) is 16.7. The van der Waals surface area contributed by atoms with Gasteiger partial charge in [-0.15, -0.1) is 0 Å². The van der Waals surface area contributed by atoms with Gasteiger partial charge in [0.15, 0.2) is 0 Å². The molecule has 0 bridgehead atoms. The van der Waals surface area contributed by atoms with Gasteiger partial charge in [-0.1, -0.05) is 61.1 Å². The standard InChI is InChI=1S/C18H28F2O2Si/c1-15(21-2)7-6-14-23(12-4-3-5-13-23)17-10-8-16(9-11-17)22-18(19)20/h8-11,15,18H,3-7,12-14H2,1-2H3. The topological polar surface area (TPSA) is 18.5 Å². The highest BCUT2D eigenvalue weighted by Crippen LogP contribution is 2.33. The van der Waals surface area contributed by atoms with Crippen LogP contribution in [-0.4, -0.2) is 27.9 Å². The molecule has 1 aliphatic rings. The minimum Gasteiger partial charge on any atom is -0.435 e. The predicted octanol–water partition coefficient (Wildman–Crippen LogP) is 4.94. The van der Waals surface area contributed by atoms with Gasteiger partial charge in [-0.25, -0.2) is 0 Å². The van der Waals surface area contributed by atoms with Crippen molar-refractivity contribution in [1.82, 2.24) is 0 Å². The van der Waals surface area contributed by atoms with Crippen LogP contribution in [0.4, 0.5) is 8.78 Å². The van der Waals surface area contributed by atoms with Gasteiger partial charge in [0.2, 0.25) is 0 Å². The molecule has 0 amide bonds. The van der Waals surface area contributed by atoms with Crippen molar-refractivity contribution >= 4 is 13.3 Å². The largest absolute Gasteiger partial charge is 0.435 e. The molecular formula is C18H28F2O2Si. The van der Waals surface area contributed by atoms with Gasteiger partial charge in [-0.3, -0.25) is 0 Å². The van der Waals surface area contributed by atoms with Crippen LogP contribution in [-0.2, 0) is 4.74 Å². The molecule has 0 aliphatic carbocycles. The van der Waals surface area contributed by atoms with Crippen LogP contribution < -0.4 is 9.92 Å². The summed E-state index contributed by atoms with van der Waals surface area (Å²) in [4.78, 5) is 0. The third kappa shape index (κ3) is 5.28. The second-order valence-electron chi connectivity index (χ2n) is 6.68. The Labute approximate surface area is 139 Å². The Morgan fingerprint density at radius 3 is 2.30 bits per heavy atom. The highest BCUT2D eigenvalue weighted by atomic mass is 28.3. The van der Waals surface area contributed by atoms with E-state index in [2.05, 4.69) is 11.7 Å². The van der Waals surface area contributed by atoms with Crippen molar-refractivity contribution < 1.29 is 18.3 Å². The maximum absolute atomic E-state index is 12.3. The van der Waals surface area contributed by atoms with E-state index >= 15 is 0 Å². The quantitative estimate of drug-likeness (QED) is 0.623. The molecule has 0 saturated carbocycles. The van der Waals surface area contributed by atoms with Crippen molar-refractivity contribution in [2.24, 2.45) is 0 Å². The van der Waals surface area contributed by atoms with Crippen LogP contribution in [0.1, 0.15) is 39.0 Å². The molecule has 2 rings (SSSR count). The number of benzene rings is 1. The van der Waals surface area contributed by atoms with Crippen LogP contribution in [0, 0.1) is 0 Å². The highest BCUT2D eigenvalue weighted by molar-refractivity contribution is 6.92. The first-order chi connectivity index (χ1) is 11.1. The summed E-state index contributed by atoms with van der Waals surface area (Å²) in [5.74, 6) is 0.261. The molecule has 0 aromatic heterocycles. The fourth-order valence-corrected chi connectivity index (χ4v) is 8.97. The van der Waals surface area contributed by atoms with E-state index < -0.39 is 14.7 Å². The fraction of sp³-hybridized carbons (Fsp3) is 0.667. The highest BCUT2D eigenvalue weighted by Gasteiger charge is 2.35. The number of halogens is 2. The van der Waals surface area contributed by atoms with E-state index in [-0.39, 0.29) is 5.75 Å². The van der Waals surface area contributed by atoms with Crippen molar-refractivity contribution in [3.05, 3.63) is 24.3 Å². The first-order valence-corrected chi connectivity index (χ1v) is 11.3. The van der Waals surface area contributed by atoms with Gasteiger partial charge in [0, 0.05) is 7.11 Å². The van der Waals surface area contributed by atoms with Gasteiger partial charge in [0.05, 0.1) is 14.2 Å². The molecule has 1 fully saturated rings. The van der Waals surface area contributed by atoms with Crippen LogP contribution in [0.2, 0.25) is 18.1 Å². The van der Waals surface area contributed by atoms with Crippen molar-refractivity contribution in [2.45, 2.75) is 69.9 Å². The van der Waals surface area contributed by atoms with E-state index in [0.29, 0.717) is 6.10 Å². The van der Waals surface area contributed by atoms with Crippen LogP contribution in [0.25, 0.3) is 0 Å². The summed E-state index contributed by atoms with van der Waals surface area (Å²) in [6, 6.07) is 11.4. The van der Waals surface area contributed by atoms with Gasteiger partial charge in [0.25, 0.3) is 0 Å². The summed E-state index contributed by atoms with van der Waals surface area (Å²) < 4.78 is 34.4. The van der Waals surface area contributed by atoms with E-state index in [4.69, 9.17) is 4.74 Å². The van der Waals surface area contributed by atoms with Gasteiger partial charge < -0.3 is 9.47 Å². The minimum atomic E-state index is -2.75. The van der Waals surface area contributed by atoms with E-state index in [0.717, 1.165) is 6.42 Å². The van der Waals surface area contributed by atoms with E-state index in [1.807, 2.05) is 12.1 Å². The molecule has 1 unspecified atom stereocenters. The van der Waals surface area contributed by atoms with Crippen LogP contribution in [0.15, 0.2) is 24.3 Å². The number of ether oxygens (including phenoxy) is 2. The molecular weight excluding hydrogens is 314 g/mol. The average molecular weight is 343 g/mol.